The second-order valence-corrected chi connectivity index (χ2v) is 6.72. The lowest BCUT2D eigenvalue weighted by Crippen LogP contribution is -2.50. The summed E-state index contributed by atoms with van der Waals surface area (Å²) in [5, 5.41) is 2.87. The van der Waals surface area contributed by atoms with E-state index in [0.717, 1.165) is 19.4 Å². The Labute approximate surface area is 153 Å². The second-order valence-electron chi connectivity index (χ2n) is 6.72. The molecule has 140 valence electrons. The van der Waals surface area contributed by atoms with Gasteiger partial charge in [-0.05, 0) is 31.0 Å². The summed E-state index contributed by atoms with van der Waals surface area (Å²) < 4.78 is 5.50. The SMILES string of the molecule is CC(=O)N1CCN(C(=O)c2cccc(C(=O)NCC3CCCO3)c2)CC1. The number of ether oxygens (including phenoxy) is 1. The number of rotatable bonds is 4. The zero-order valence-corrected chi connectivity index (χ0v) is 15.1. The van der Waals surface area contributed by atoms with Crippen molar-refractivity contribution in [3.8, 4) is 0 Å². The van der Waals surface area contributed by atoms with E-state index in [4.69, 9.17) is 4.74 Å². The van der Waals surface area contributed by atoms with Gasteiger partial charge in [-0.2, -0.15) is 0 Å². The lowest BCUT2D eigenvalue weighted by molar-refractivity contribution is -0.130. The van der Waals surface area contributed by atoms with Crippen LogP contribution in [0.25, 0.3) is 0 Å². The molecular formula is C19H25N3O4. The highest BCUT2D eigenvalue weighted by Gasteiger charge is 2.24. The van der Waals surface area contributed by atoms with Crippen molar-refractivity contribution < 1.29 is 19.1 Å². The Morgan fingerprint density at radius 1 is 1.12 bits per heavy atom. The molecule has 3 amide bonds. The minimum Gasteiger partial charge on any atom is -0.376 e. The molecule has 2 aliphatic heterocycles. The van der Waals surface area contributed by atoms with Gasteiger partial charge >= 0.3 is 0 Å². The maximum Gasteiger partial charge on any atom is 0.253 e. The van der Waals surface area contributed by atoms with E-state index >= 15 is 0 Å². The van der Waals surface area contributed by atoms with Crippen LogP contribution in [0, 0.1) is 0 Å². The molecule has 0 spiro atoms. The standard InChI is InChI=1S/C19H25N3O4/c1-14(23)21-7-9-22(10-8-21)19(25)16-5-2-4-15(12-16)18(24)20-13-17-6-3-11-26-17/h2,4-5,12,17H,3,6-11,13H2,1H3,(H,20,24). The smallest absolute Gasteiger partial charge is 0.253 e. The number of carbonyl (C=O) groups is 3. The Morgan fingerprint density at radius 3 is 2.46 bits per heavy atom. The summed E-state index contributed by atoms with van der Waals surface area (Å²) >= 11 is 0. The molecule has 1 N–H and O–H groups in total. The van der Waals surface area contributed by atoms with E-state index in [2.05, 4.69) is 5.32 Å². The van der Waals surface area contributed by atoms with Crippen LogP contribution >= 0.6 is 0 Å². The molecule has 26 heavy (non-hydrogen) atoms. The topological polar surface area (TPSA) is 79.0 Å². The van der Waals surface area contributed by atoms with Crippen LogP contribution in [0.1, 0.15) is 40.5 Å². The summed E-state index contributed by atoms with van der Waals surface area (Å²) in [5.74, 6) is -0.277. The van der Waals surface area contributed by atoms with Gasteiger partial charge in [0.05, 0.1) is 6.10 Å². The summed E-state index contributed by atoms with van der Waals surface area (Å²) in [4.78, 5) is 39.9. The van der Waals surface area contributed by atoms with Gasteiger partial charge in [0.2, 0.25) is 5.91 Å². The molecule has 0 aliphatic carbocycles. The number of hydrogen-bond donors (Lipinski definition) is 1. The summed E-state index contributed by atoms with van der Waals surface area (Å²) in [6, 6.07) is 6.77. The van der Waals surface area contributed by atoms with E-state index in [0.29, 0.717) is 43.9 Å². The van der Waals surface area contributed by atoms with Crippen molar-refractivity contribution in [3.63, 3.8) is 0 Å². The van der Waals surface area contributed by atoms with Gasteiger partial charge in [0.25, 0.3) is 11.8 Å². The summed E-state index contributed by atoms with van der Waals surface area (Å²) in [6.45, 7) is 4.88. The van der Waals surface area contributed by atoms with Gasteiger partial charge in [0.1, 0.15) is 0 Å². The zero-order chi connectivity index (χ0) is 18.5. The minimum absolute atomic E-state index is 0.0296. The molecule has 0 saturated carbocycles. The third-order valence-corrected chi connectivity index (χ3v) is 4.90. The molecule has 0 bridgehead atoms. The predicted octanol–water partition coefficient (Wildman–Crippen LogP) is 0.900. The van der Waals surface area contributed by atoms with Crippen LogP contribution in [-0.2, 0) is 9.53 Å². The molecule has 1 unspecified atom stereocenters. The van der Waals surface area contributed by atoms with E-state index in [1.165, 1.54) is 6.92 Å². The van der Waals surface area contributed by atoms with Gasteiger partial charge in [-0.1, -0.05) is 6.07 Å². The van der Waals surface area contributed by atoms with Gasteiger partial charge in [0, 0.05) is 57.4 Å². The van der Waals surface area contributed by atoms with E-state index in [1.54, 1.807) is 34.1 Å². The maximum absolute atomic E-state index is 12.7. The third-order valence-electron chi connectivity index (χ3n) is 4.90. The number of carbonyl (C=O) groups excluding carboxylic acids is 3. The van der Waals surface area contributed by atoms with Crippen LogP contribution in [-0.4, -0.2) is 73.0 Å². The Bertz CT molecular complexity index is 677. The van der Waals surface area contributed by atoms with Crippen LogP contribution in [0.2, 0.25) is 0 Å². The highest BCUT2D eigenvalue weighted by molar-refractivity contribution is 5.99. The average molecular weight is 359 g/mol. The normalized spacial score (nSPS) is 20.1. The molecule has 0 aromatic heterocycles. The molecule has 7 heteroatoms. The van der Waals surface area contributed by atoms with Crippen molar-refractivity contribution in [2.75, 3.05) is 39.3 Å². The van der Waals surface area contributed by atoms with Crippen LogP contribution < -0.4 is 5.32 Å². The van der Waals surface area contributed by atoms with Crippen molar-refractivity contribution in [2.45, 2.75) is 25.9 Å². The quantitative estimate of drug-likeness (QED) is 0.866. The summed E-state index contributed by atoms with van der Waals surface area (Å²) in [6.07, 6.45) is 2.08. The highest BCUT2D eigenvalue weighted by atomic mass is 16.5. The Morgan fingerprint density at radius 2 is 1.81 bits per heavy atom. The monoisotopic (exact) mass is 359 g/mol. The van der Waals surface area contributed by atoms with Crippen LogP contribution in [0.15, 0.2) is 24.3 Å². The molecule has 2 aliphatic rings. The van der Waals surface area contributed by atoms with Crippen molar-refractivity contribution in [1.29, 1.82) is 0 Å². The Kier molecular flexibility index (Phi) is 5.88. The van der Waals surface area contributed by atoms with Gasteiger partial charge in [-0.25, -0.2) is 0 Å². The first-order valence-corrected chi connectivity index (χ1v) is 9.09. The van der Waals surface area contributed by atoms with Crippen LogP contribution in [0.4, 0.5) is 0 Å². The van der Waals surface area contributed by atoms with Crippen LogP contribution in [0.3, 0.4) is 0 Å². The maximum atomic E-state index is 12.7. The van der Waals surface area contributed by atoms with Gasteiger partial charge in [-0.15, -0.1) is 0 Å². The second kappa shape index (κ2) is 8.31. The van der Waals surface area contributed by atoms with Crippen molar-refractivity contribution in [1.82, 2.24) is 15.1 Å². The van der Waals surface area contributed by atoms with Gasteiger partial charge in [-0.3, -0.25) is 14.4 Å². The molecule has 1 aromatic rings. The summed E-state index contributed by atoms with van der Waals surface area (Å²) in [5.41, 5.74) is 0.960. The molecule has 2 saturated heterocycles. The van der Waals surface area contributed by atoms with E-state index in [1.807, 2.05) is 0 Å². The number of benzene rings is 1. The summed E-state index contributed by atoms with van der Waals surface area (Å²) in [7, 11) is 0. The zero-order valence-electron chi connectivity index (χ0n) is 15.1. The van der Waals surface area contributed by atoms with Gasteiger partial charge < -0.3 is 19.9 Å². The third kappa shape index (κ3) is 4.40. The van der Waals surface area contributed by atoms with Crippen molar-refractivity contribution in [3.05, 3.63) is 35.4 Å². The molecular weight excluding hydrogens is 334 g/mol. The first kappa shape index (κ1) is 18.4. The first-order valence-electron chi connectivity index (χ1n) is 9.09. The Hall–Kier alpha value is -2.41. The fourth-order valence-electron chi connectivity index (χ4n) is 3.31. The van der Waals surface area contributed by atoms with E-state index in [9.17, 15) is 14.4 Å². The van der Waals surface area contributed by atoms with Gasteiger partial charge in [0.15, 0.2) is 0 Å². The number of hydrogen-bond acceptors (Lipinski definition) is 4. The van der Waals surface area contributed by atoms with Crippen LogP contribution in [0.5, 0.6) is 0 Å². The van der Waals surface area contributed by atoms with Crippen molar-refractivity contribution >= 4 is 17.7 Å². The fraction of sp³-hybridized carbons (Fsp3) is 0.526. The van der Waals surface area contributed by atoms with E-state index < -0.39 is 0 Å². The number of amides is 3. The average Bonchev–Trinajstić information content (AvgIpc) is 3.19. The lowest BCUT2D eigenvalue weighted by Gasteiger charge is -2.34. The molecule has 0 radical (unpaired) electrons. The molecule has 7 nitrogen and oxygen atoms in total. The molecule has 2 fully saturated rings. The first-order chi connectivity index (χ1) is 12.5. The van der Waals surface area contributed by atoms with Crippen molar-refractivity contribution in [2.24, 2.45) is 0 Å². The number of nitrogens with zero attached hydrogens (tertiary/aromatic N) is 2. The molecule has 1 aromatic carbocycles. The highest BCUT2D eigenvalue weighted by Crippen LogP contribution is 2.13. The molecule has 2 heterocycles. The number of piperazine rings is 1. The van der Waals surface area contributed by atoms with E-state index in [-0.39, 0.29) is 23.8 Å². The minimum atomic E-state index is -0.198. The number of nitrogens with one attached hydrogen (secondary N) is 1. The predicted molar refractivity (Wildman–Crippen MR) is 95.9 cm³/mol. The lowest BCUT2D eigenvalue weighted by atomic mass is 10.1. The molecule has 3 rings (SSSR count). The fourth-order valence-corrected chi connectivity index (χ4v) is 3.31. The molecule has 1 atom stereocenters. The Balaban J connectivity index is 1.58. The largest absolute Gasteiger partial charge is 0.376 e.